The molecule has 2 aromatic rings. The van der Waals surface area contributed by atoms with E-state index in [1.165, 1.54) is 30.6 Å². The molecule has 0 spiro atoms. The fourth-order valence-electron chi connectivity index (χ4n) is 5.70. The third-order valence-corrected chi connectivity index (χ3v) is 9.13. The lowest BCUT2D eigenvalue weighted by Gasteiger charge is -2.36. The SMILES string of the molecule is CCCCCCCCCOC(=O)OCN1C(=O)CCc2ccc(OCCCCN3CCN(c4cccc(Cl)c4Cl)CC3)cc21. The number of amides is 1. The number of carbonyl (C=O) groups is 2. The summed E-state index contributed by atoms with van der Waals surface area (Å²) in [5.41, 5.74) is 2.77. The van der Waals surface area contributed by atoms with Crippen molar-refractivity contribution in [1.29, 1.82) is 0 Å². The lowest BCUT2D eigenvalue weighted by molar-refractivity contribution is -0.119. The Balaban J connectivity index is 1.13. The minimum atomic E-state index is -0.738. The number of rotatable bonds is 17. The lowest BCUT2D eigenvalue weighted by atomic mass is 10.0. The second-order valence-electron chi connectivity index (χ2n) is 11.6. The van der Waals surface area contributed by atoms with Crippen LogP contribution in [0.4, 0.5) is 16.2 Å². The molecule has 0 bridgehead atoms. The molecule has 44 heavy (non-hydrogen) atoms. The molecule has 1 amide bonds. The van der Waals surface area contributed by atoms with E-state index < -0.39 is 6.16 Å². The Labute approximate surface area is 272 Å². The Bertz CT molecular complexity index is 1210. The van der Waals surface area contributed by atoms with Crippen LogP contribution in [-0.4, -0.2) is 69.6 Å². The van der Waals surface area contributed by atoms with Crippen LogP contribution in [0, 0.1) is 0 Å². The number of hydrogen-bond donors (Lipinski definition) is 0. The van der Waals surface area contributed by atoms with Crippen molar-refractivity contribution in [2.75, 3.05) is 62.5 Å². The molecule has 242 valence electrons. The van der Waals surface area contributed by atoms with Gasteiger partial charge in [0.05, 0.1) is 34.6 Å². The van der Waals surface area contributed by atoms with E-state index in [4.69, 9.17) is 37.4 Å². The van der Waals surface area contributed by atoms with Gasteiger partial charge in [-0.2, -0.15) is 0 Å². The topological polar surface area (TPSA) is 71.5 Å². The van der Waals surface area contributed by atoms with E-state index >= 15 is 0 Å². The average molecular weight is 649 g/mol. The van der Waals surface area contributed by atoms with Crippen LogP contribution in [0.1, 0.15) is 76.7 Å². The first-order valence-electron chi connectivity index (χ1n) is 16.2. The van der Waals surface area contributed by atoms with Gasteiger partial charge in [-0.05, 0) is 56.0 Å². The number of ether oxygens (including phenoxy) is 3. The van der Waals surface area contributed by atoms with E-state index in [1.807, 2.05) is 36.4 Å². The number of nitrogens with zero attached hydrogens (tertiary/aromatic N) is 3. The number of benzene rings is 2. The second-order valence-corrected chi connectivity index (χ2v) is 12.3. The first-order valence-corrected chi connectivity index (χ1v) is 17.0. The van der Waals surface area contributed by atoms with Gasteiger partial charge in [-0.25, -0.2) is 4.79 Å². The number of unbranched alkanes of at least 4 members (excludes halogenated alkanes) is 7. The summed E-state index contributed by atoms with van der Waals surface area (Å²) in [4.78, 5) is 31.1. The van der Waals surface area contributed by atoms with Crippen LogP contribution < -0.4 is 14.5 Å². The van der Waals surface area contributed by atoms with Crippen LogP contribution in [0.3, 0.4) is 0 Å². The van der Waals surface area contributed by atoms with Crippen LogP contribution in [0.5, 0.6) is 5.75 Å². The van der Waals surface area contributed by atoms with Gasteiger partial charge in [0.25, 0.3) is 0 Å². The van der Waals surface area contributed by atoms with Crippen LogP contribution in [0.15, 0.2) is 36.4 Å². The Morgan fingerprint density at radius 2 is 1.57 bits per heavy atom. The predicted octanol–water partition coefficient (Wildman–Crippen LogP) is 8.12. The van der Waals surface area contributed by atoms with E-state index in [9.17, 15) is 9.59 Å². The maximum Gasteiger partial charge on any atom is 0.510 e. The summed E-state index contributed by atoms with van der Waals surface area (Å²) in [6.07, 6.45) is 10.3. The molecule has 1 saturated heterocycles. The maximum absolute atomic E-state index is 12.7. The van der Waals surface area contributed by atoms with E-state index in [0.29, 0.717) is 41.9 Å². The third-order valence-electron chi connectivity index (χ3n) is 8.32. The Morgan fingerprint density at radius 3 is 2.36 bits per heavy atom. The van der Waals surface area contributed by atoms with Crippen LogP contribution >= 0.6 is 23.2 Å². The quantitative estimate of drug-likeness (QED) is 0.127. The monoisotopic (exact) mass is 647 g/mol. The van der Waals surface area contributed by atoms with Crippen molar-refractivity contribution < 1.29 is 23.8 Å². The third kappa shape index (κ3) is 10.5. The van der Waals surface area contributed by atoms with Gasteiger partial charge in [0.2, 0.25) is 5.91 Å². The van der Waals surface area contributed by atoms with Crippen LogP contribution in [0.2, 0.25) is 10.0 Å². The summed E-state index contributed by atoms with van der Waals surface area (Å²) in [5, 5.41) is 1.21. The van der Waals surface area contributed by atoms with Gasteiger partial charge < -0.3 is 19.1 Å². The molecule has 8 nitrogen and oxygen atoms in total. The Morgan fingerprint density at radius 1 is 0.818 bits per heavy atom. The van der Waals surface area contributed by atoms with Gasteiger partial charge in [0, 0.05) is 38.7 Å². The molecule has 2 aliphatic heterocycles. The molecule has 2 heterocycles. The molecule has 0 aromatic heterocycles. The van der Waals surface area contributed by atoms with E-state index in [0.717, 1.165) is 81.8 Å². The summed E-state index contributed by atoms with van der Waals surface area (Å²) in [6.45, 7) is 7.77. The highest BCUT2D eigenvalue weighted by Crippen LogP contribution is 2.33. The van der Waals surface area contributed by atoms with Gasteiger partial charge >= 0.3 is 6.16 Å². The van der Waals surface area contributed by atoms with Crippen LogP contribution in [0.25, 0.3) is 0 Å². The molecule has 10 heteroatoms. The summed E-state index contributed by atoms with van der Waals surface area (Å²) in [5.74, 6) is 0.629. The molecule has 0 unspecified atom stereocenters. The van der Waals surface area contributed by atoms with Gasteiger partial charge in [0.15, 0.2) is 6.73 Å². The summed E-state index contributed by atoms with van der Waals surface area (Å²) in [7, 11) is 0. The molecule has 0 atom stereocenters. The molecule has 2 aromatic carbocycles. The largest absolute Gasteiger partial charge is 0.510 e. The van der Waals surface area contributed by atoms with E-state index in [1.54, 1.807) is 0 Å². The Hall–Kier alpha value is -2.68. The highest BCUT2D eigenvalue weighted by Gasteiger charge is 2.26. The first kappa shape index (κ1) is 34.2. The van der Waals surface area contributed by atoms with Crippen LogP contribution in [-0.2, 0) is 20.7 Å². The summed E-state index contributed by atoms with van der Waals surface area (Å²) in [6, 6.07) is 11.6. The minimum absolute atomic E-state index is 0.0766. The number of anilines is 2. The zero-order valence-corrected chi connectivity index (χ0v) is 27.5. The molecular formula is C34H47Cl2N3O5. The number of piperazine rings is 1. The molecule has 0 aliphatic carbocycles. The Kier molecular flexibility index (Phi) is 14.2. The van der Waals surface area contributed by atoms with Gasteiger partial charge in [-0.3, -0.25) is 14.6 Å². The fraction of sp³-hybridized carbons (Fsp3) is 0.588. The standard InChI is InChI=1S/C34H47Cl2N3O5/c1-2-3-4-5-6-7-9-24-43-34(41)44-26-39-31-25-28(16-14-27(31)15-17-32(39)40)42-23-10-8-18-37-19-21-38(22-20-37)30-13-11-12-29(35)33(30)36/h11-14,16,25H,2-10,15,17-24,26H2,1H3. The molecule has 0 radical (unpaired) electrons. The predicted molar refractivity (Wildman–Crippen MR) is 177 cm³/mol. The fourth-order valence-corrected chi connectivity index (χ4v) is 6.11. The van der Waals surface area contributed by atoms with Crippen molar-refractivity contribution in [3.63, 3.8) is 0 Å². The number of carbonyl (C=O) groups excluding carboxylic acids is 2. The van der Waals surface area contributed by atoms with Crippen molar-refractivity contribution in [2.24, 2.45) is 0 Å². The molecule has 4 rings (SSSR count). The van der Waals surface area contributed by atoms with Crippen molar-refractivity contribution in [2.45, 2.75) is 77.6 Å². The molecule has 0 N–H and O–H groups in total. The highest BCUT2D eigenvalue weighted by atomic mass is 35.5. The van der Waals surface area contributed by atoms with Gasteiger partial charge in [-0.15, -0.1) is 0 Å². The normalized spacial score (nSPS) is 15.3. The van der Waals surface area contributed by atoms with Crippen molar-refractivity contribution in [3.05, 3.63) is 52.0 Å². The van der Waals surface area contributed by atoms with Crippen molar-refractivity contribution >= 4 is 46.6 Å². The number of aryl methyl sites for hydroxylation is 1. The molecule has 0 saturated carbocycles. The second kappa shape index (κ2) is 18.3. The van der Waals surface area contributed by atoms with Gasteiger partial charge in [-0.1, -0.05) is 80.8 Å². The van der Waals surface area contributed by atoms with Crippen molar-refractivity contribution in [3.8, 4) is 5.75 Å². The molecule has 2 aliphatic rings. The van der Waals surface area contributed by atoms with Crippen molar-refractivity contribution in [1.82, 2.24) is 4.90 Å². The summed E-state index contributed by atoms with van der Waals surface area (Å²) >= 11 is 12.6. The molecular weight excluding hydrogens is 601 g/mol. The first-order chi connectivity index (χ1) is 21.5. The van der Waals surface area contributed by atoms with E-state index in [2.05, 4.69) is 16.7 Å². The van der Waals surface area contributed by atoms with Gasteiger partial charge in [0.1, 0.15) is 5.75 Å². The lowest BCUT2D eigenvalue weighted by Crippen LogP contribution is -2.46. The highest BCUT2D eigenvalue weighted by molar-refractivity contribution is 6.43. The average Bonchev–Trinajstić information content (AvgIpc) is 3.03. The zero-order chi connectivity index (χ0) is 31.1. The number of halogens is 2. The van der Waals surface area contributed by atoms with E-state index in [-0.39, 0.29) is 12.6 Å². The zero-order valence-electron chi connectivity index (χ0n) is 26.0. The smallest absolute Gasteiger partial charge is 0.494 e. The number of hydrogen-bond acceptors (Lipinski definition) is 7. The minimum Gasteiger partial charge on any atom is -0.494 e. The molecule has 1 fully saturated rings. The number of fused-ring (bicyclic) bond motifs is 1. The summed E-state index contributed by atoms with van der Waals surface area (Å²) < 4.78 is 16.6. The maximum atomic E-state index is 12.7.